The molecule has 7 heteroatoms. The third-order valence-electron chi connectivity index (χ3n) is 4.36. The van der Waals surface area contributed by atoms with Crippen LogP contribution in [0, 0.1) is 13.8 Å². The molecule has 0 unspecified atom stereocenters. The lowest BCUT2D eigenvalue weighted by atomic mass is 10.1. The maximum Gasteiger partial charge on any atom is 0.248 e. The zero-order valence-electron chi connectivity index (χ0n) is 16.8. The van der Waals surface area contributed by atoms with Crippen molar-refractivity contribution in [2.24, 2.45) is 0 Å². The van der Waals surface area contributed by atoms with Gasteiger partial charge in [-0.15, -0.1) is 0 Å². The van der Waals surface area contributed by atoms with Crippen molar-refractivity contribution >= 4 is 28.8 Å². The minimum atomic E-state index is 0.281. The van der Waals surface area contributed by atoms with Crippen molar-refractivity contribution in [2.45, 2.75) is 33.6 Å². The highest BCUT2D eigenvalue weighted by Crippen LogP contribution is 2.33. The Labute approximate surface area is 176 Å². The molecule has 3 N–H and O–H groups in total. The Balaban J connectivity index is 1.73. The van der Waals surface area contributed by atoms with Gasteiger partial charge in [0.15, 0.2) is 5.82 Å². The molecule has 0 saturated carbocycles. The zero-order chi connectivity index (χ0) is 20.8. The van der Waals surface area contributed by atoms with Crippen LogP contribution < -0.4 is 20.5 Å². The van der Waals surface area contributed by atoms with Gasteiger partial charge in [-0.3, -0.25) is 0 Å². The second-order valence-corrected chi connectivity index (χ2v) is 7.14. The average molecular weight is 413 g/mol. The summed E-state index contributed by atoms with van der Waals surface area (Å²) < 4.78 is 11.6. The number of hydrogen-bond acceptors (Lipinski definition) is 6. The van der Waals surface area contributed by atoms with Gasteiger partial charge in [0.05, 0.1) is 6.61 Å². The van der Waals surface area contributed by atoms with E-state index < -0.39 is 0 Å². The van der Waals surface area contributed by atoms with Gasteiger partial charge in [0, 0.05) is 10.7 Å². The van der Waals surface area contributed by atoms with Gasteiger partial charge in [0.1, 0.15) is 23.5 Å². The average Bonchev–Trinajstić information content (AvgIpc) is 2.70. The predicted octanol–water partition coefficient (Wildman–Crippen LogP) is 6.04. The highest BCUT2D eigenvalue weighted by molar-refractivity contribution is 6.32. The van der Waals surface area contributed by atoms with E-state index in [1.807, 2.05) is 50.2 Å². The summed E-state index contributed by atoms with van der Waals surface area (Å²) in [5.41, 5.74) is 9.24. The maximum atomic E-state index is 6.23. The fraction of sp³-hybridized carbons (Fsp3) is 0.273. The SMILES string of the molecule is CCCCOc1ccc(Nc2ncnc(Oc3cc(C)c(Cl)c(C)c3)c2N)cc1. The molecule has 3 aromatic rings. The van der Waals surface area contributed by atoms with Gasteiger partial charge in [-0.2, -0.15) is 4.98 Å². The monoisotopic (exact) mass is 412 g/mol. The van der Waals surface area contributed by atoms with Crippen molar-refractivity contribution in [3.05, 3.63) is 58.9 Å². The molecule has 0 amide bonds. The van der Waals surface area contributed by atoms with Crippen LogP contribution in [0.5, 0.6) is 17.4 Å². The second-order valence-electron chi connectivity index (χ2n) is 6.77. The first-order valence-electron chi connectivity index (χ1n) is 9.53. The normalized spacial score (nSPS) is 10.6. The molecule has 2 aromatic carbocycles. The molecule has 0 saturated heterocycles. The predicted molar refractivity (Wildman–Crippen MR) is 118 cm³/mol. The number of nitrogens with two attached hydrogens (primary N) is 1. The summed E-state index contributed by atoms with van der Waals surface area (Å²) in [5, 5.41) is 3.91. The molecule has 6 nitrogen and oxygen atoms in total. The third kappa shape index (κ3) is 5.29. The van der Waals surface area contributed by atoms with Crippen molar-refractivity contribution in [3.63, 3.8) is 0 Å². The van der Waals surface area contributed by atoms with Crippen LogP contribution in [0.1, 0.15) is 30.9 Å². The molecule has 152 valence electrons. The number of nitrogen functional groups attached to an aromatic ring is 1. The van der Waals surface area contributed by atoms with Gasteiger partial charge in [0.2, 0.25) is 5.88 Å². The van der Waals surface area contributed by atoms with Crippen LogP contribution in [0.2, 0.25) is 5.02 Å². The number of aryl methyl sites for hydroxylation is 2. The van der Waals surface area contributed by atoms with Gasteiger partial charge in [-0.05, 0) is 67.8 Å². The summed E-state index contributed by atoms with van der Waals surface area (Å²) in [7, 11) is 0. The molecular formula is C22H25ClN4O2. The van der Waals surface area contributed by atoms with Gasteiger partial charge >= 0.3 is 0 Å². The van der Waals surface area contributed by atoms with E-state index in [1.54, 1.807) is 0 Å². The van der Waals surface area contributed by atoms with Crippen molar-refractivity contribution in [2.75, 3.05) is 17.7 Å². The smallest absolute Gasteiger partial charge is 0.248 e. The number of halogens is 1. The first kappa shape index (κ1) is 20.7. The third-order valence-corrected chi connectivity index (χ3v) is 4.95. The van der Waals surface area contributed by atoms with E-state index in [2.05, 4.69) is 22.2 Å². The summed E-state index contributed by atoms with van der Waals surface area (Å²) in [6.07, 6.45) is 3.55. The number of nitrogens with one attached hydrogen (secondary N) is 1. The molecule has 0 aliphatic rings. The molecule has 0 spiro atoms. The maximum absolute atomic E-state index is 6.23. The molecule has 29 heavy (non-hydrogen) atoms. The number of aromatic nitrogens is 2. The fourth-order valence-corrected chi connectivity index (χ4v) is 2.85. The van der Waals surface area contributed by atoms with E-state index >= 15 is 0 Å². The molecule has 1 heterocycles. The van der Waals surface area contributed by atoms with Gasteiger partial charge < -0.3 is 20.5 Å². The Kier molecular flexibility index (Phi) is 6.77. The van der Waals surface area contributed by atoms with Crippen LogP contribution in [0.25, 0.3) is 0 Å². The number of benzene rings is 2. The lowest BCUT2D eigenvalue weighted by Gasteiger charge is -2.13. The van der Waals surface area contributed by atoms with E-state index in [1.165, 1.54) is 6.33 Å². The van der Waals surface area contributed by atoms with E-state index in [-0.39, 0.29) is 5.88 Å². The number of unbranched alkanes of at least 4 members (excludes halogenated alkanes) is 1. The summed E-state index contributed by atoms with van der Waals surface area (Å²) >= 11 is 6.22. The zero-order valence-corrected chi connectivity index (χ0v) is 17.6. The number of anilines is 3. The van der Waals surface area contributed by atoms with E-state index in [9.17, 15) is 0 Å². The van der Waals surface area contributed by atoms with E-state index in [4.69, 9.17) is 26.8 Å². The van der Waals surface area contributed by atoms with Crippen molar-refractivity contribution < 1.29 is 9.47 Å². The molecular weight excluding hydrogens is 388 g/mol. The van der Waals surface area contributed by atoms with Crippen LogP contribution >= 0.6 is 11.6 Å². The highest BCUT2D eigenvalue weighted by atomic mass is 35.5. The van der Waals surface area contributed by atoms with E-state index in [0.29, 0.717) is 23.9 Å². The van der Waals surface area contributed by atoms with Gasteiger partial charge in [0.25, 0.3) is 0 Å². The van der Waals surface area contributed by atoms with Crippen molar-refractivity contribution in [3.8, 4) is 17.4 Å². The molecule has 0 fully saturated rings. The summed E-state index contributed by atoms with van der Waals surface area (Å²) in [6.45, 7) is 6.70. The Bertz CT molecular complexity index is 954. The van der Waals surface area contributed by atoms with Crippen LogP contribution in [0.4, 0.5) is 17.2 Å². The first-order chi connectivity index (χ1) is 14.0. The van der Waals surface area contributed by atoms with Crippen LogP contribution in [-0.2, 0) is 0 Å². The number of ether oxygens (including phenoxy) is 2. The number of rotatable bonds is 8. The largest absolute Gasteiger partial charge is 0.494 e. The quantitative estimate of drug-likeness (QED) is 0.438. The Morgan fingerprint density at radius 3 is 2.38 bits per heavy atom. The molecule has 0 radical (unpaired) electrons. The first-order valence-corrected chi connectivity index (χ1v) is 9.90. The van der Waals surface area contributed by atoms with E-state index in [0.717, 1.165) is 40.4 Å². The number of hydrogen-bond donors (Lipinski definition) is 2. The standard InChI is InChI=1S/C22H25ClN4O2/c1-4-5-10-28-17-8-6-16(7-9-17)27-21-20(24)22(26-13-25-21)29-18-11-14(2)19(23)15(3)12-18/h6-9,11-13H,4-5,10,24H2,1-3H3,(H,25,26,27). The molecule has 3 rings (SSSR count). The molecule has 0 atom stereocenters. The summed E-state index contributed by atoms with van der Waals surface area (Å²) in [4.78, 5) is 8.39. The van der Waals surface area contributed by atoms with Crippen LogP contribution in [0.3, 0.4) is 0 Å². The highest BCUT2D eigenvalue weighted by Gasteiger charge is 2.12. The molecule has 0 aliphatic heterocycles. The molecule has 1 aromatic heterocycles. The lowest BCUT2D eigenvalue weighted by molar-refractivity contribution is 0.309. The minimum absolute atomic E-state index is 0.281. The second kappa shape index (κ2) is 9.47. The molecule has 0 aliphatic carbocycles. The number of nitrogens with zero attached hydrogens (tertiary/aromatic N) is 2. The fourth-order valence-electron chi connectivity index (χ4n) is 2.74. The topological polar surface area (TPSA) is 82.3 Å². The summed E-state index contributed by atoms with van der Waals surface area (Å²) in [6, 6.07) is 11.3. The Hall–Kier alpha value is -2.99. The van der Waals surface area contributed by atoms with Gasteiger partial charge in [-0.1, -0.05) is 24.9 Å². The lowest BCUT2D eigenvalue weighted by Crippen LogP contribution is -2.03. The van der Waals surface area contributed by atoms with Gasteiger partial charge in [-0.25, -0.2) is 4.98 Å². The summed E-state index contributed by atoms with van der Waals surface area (Å²) in [5.74, 6) is 2.20. The molecule has 0 bridgehead atoms. The Morgan fingerprint density at radius 2 is 1.72 bits per heavy atom. The van der Waals surface area contributed by atoms with Crippen LogP contribution in [0.15, 0.2) is 42.7 Å². The Morgan fingerprint density at radius 1 is 1.03 bits per heavy atom. The van der Waals surface area contributed by atoms with Crippen molar-refractivity contribution in [1.29, 1.82) is 0 Å². The van der Waals surface area contributed by atoms with Crippen LogP contribution in [-0.4, -0.2) is 16.6 Å². The van der Waals surface area contributed by atoms with Crippen molar-refractivity contribution in [1.82, 2.24) is 9.97 Å². The minimum Gasteiger partial charge on any atom is -0.494 e.